The molecule has 4 aromatic rings. The van der Waals surface area contributed by atoms with Crippen LogP contribution < -0.4 is 15.6 Å². The number of ether oxygens (including phenoxy) is 1. The molecule has 0 aliphatic heterocycles. The highest BCUT2D eigenvalue weighted by Crippen LogP contribution is 2.23. The van der Waals surface area contributed by atoms with Crippen LogP contribution in [0.25, 0.3) is 16.8 Å². The summed E-state index contributed by atoms with van der Waals surface area (Å²) in [7, 11) is 1.60. The summed E-state index contributed by atoms with van der Waals surface area (Å²) >= 11 is 5.92. The molecule has 152 valence electrons. The SMILES string of the molecule is COc1cccc(-c2cc3c(=O)n(CCNC(=O)c4cccc(Cl)c4)ccn3n2)c1. The highest BCUT2D eigenvalue weighted by Gasteiger charge is 2.11. The molecule has 4 rings (SSSR count). The summed E-state index contributed by atoms with van der Waals surface area (Å²) in [6.07, 6.45) is 3.38. The molecule has 0 aliphatic rings. The van der Waals surface area contributed by atoms with Gasteiger partial charge < -0.3 is 14.6 Å². The monoisotopic (exact) mass is 422 g/mol. The summed E-state index contributed by atoms with van der Waals surface area (Å²) in [6.45, 7) is 0.639. The second kappa shape index (κ2) is 8.42. The van der Waals surface area contributed by atoms with Crippen LogP contribution in [0.2, 0.25) is 5.02 Å². The summed E-state index contributed by atoms with van der Waals surface area (Å²) in [5, 5.41) is 7.78. The number of rotatable bonds is 6. The average molecular weight is 423 g/mol. The lowest BCUT2D eigenvalue weighted by Gasteiger charge is -2.08. The van der Waals surface area contributed by atoms with Gasteiger partial charge in [-0.3, -0.25) is 9.59 Å². The molecule has 0 saturated heterocycles. The number of amides is 1. The van der Waals surface area contributed by atoms with E-state index in [1.165, 1.54) is 0 Å². The van der Waals surface area contributed by atoms with Crippen molar-refractivity contribution in [1.82, 2.24) is 19.5 Å². The molecule has 0 bridgehead atoms. The van der Waals surface area contributed by atoms with Crippen LogP contribution in [-0.2, 0) is 6.54 Å². The summed E-state index contributed by atoms with van der Waals surface area (Å²) < 4.78 is 8.35. The molecule has 0 saturated carbocycles. The molecule has 2 aromatic heterocycles. The van der Waals surface area contributed by atoms with Crippen molar-refractivity contribution >= 4 is 23.0 Å². The number of fused-ring (bicyclic) bond motifs is 1. The summed E-state index contributed by atoms with van der Waals surface area (Å²) in [4.78, 5) is 25.0. The molecule has 0 spiro atoms. The summed E-state index contributed by atoms with van der Waals surface area (Å²) in [6, 6.07) is 16.0. The Morgan fingerprint density at radius 1 is 1.13 bits per heavy atom. The number of methoxy groups -OCH3 is 1. The normalized spacial score (nSPS) is 10.9. The number of carbonyl (C=O) groups is 1. The zero-order chi connectivity index (χ0) is 21.1. The molecule has 7 nitrogen and oxygen atoms in total. The molecule has 8 heteroatoms. The van der Waals surface area contributed by atoms with Gasteiger partial charge in [-0.25, -0.2) is 4.52 Å². The largest absolute Gasteiger partial charge is 0.497 e. The van der Waals surface area contributed by atoms with E-state index in [-0.39, 0.29) is 11.5 Å². The van der Waals surface area contributed by atoms with Crippen molar-refractivity contribution in [2.75, 3.05) is 13.7 Å². The van der Waals surface area contributed by atoms with E-state index in [4.69, 9.17) is 16.3 Å². The molecule has 2 aromatic carbocycles. The van der Waals surface area contributed by atoms with Crippen LogP contribution in [0, 0.1) is 0 Å². The van der Waals surface area contributed by atoms with Crippen molar-refractivity contribution in [3.8, 4) is 17.0 Å². The Bertz CT molecular complexity index is 1280. The van der Waals surface area contributed by atoms with Crippen LogP contribution in [0.1, 0.15) is 10.4 Å². The van der Waals surface area contributed by atoms with Gasteiger partial charge in [0.2, 0.25) is 0 Å². The molecule has 0 fully saturated rings. The average Bonchev–Trinajstić information content (AvgIpc) is 3.20. The van der Waals surface area contributed by atoms with Gasteiger partial charge in [0.05, 0.1) is 12.8 Å². The van der Waals surface area contributed by atoms with Gasteiger partial charge in [0.15, 0.2) is 0 Å². The van der Waals surface area contributed by atoms with Crippen LogP contribution in [0.15, 0.2) is 71.8 Å². The van der Waals surface area contributed by atoms with E-state index in [9.17, 15) is 9.59 Å². The summed E-state index contributed by atoms with van der Waals surface area (Å²) in [5.74, 6) is 0.480. The van der Waals surface area contributed by atoms with E-state index >= 15 is 0 Å². The third kappa shape index (κ3) is 4.06. The fourth-order valence-electron chi connectivity index (χ4n) is 3.15. The van der Waals surface area contributed by atoms with E-state index in [1.54, 1.807) is 58.9 Å². The maximum absolute atomic E-state index is 12.8. The molecule has 0 atom stereocenters. The minimum Gasteiger partial charge on any atom is -0.497 e. The Morgan fingerprint density at radius 2 is 1.97 bits per heavy atom. The maximum Gasteiger partial charge on any atom is 0.276 e. The molecular formula is C22H19ClN4O3. The Hall–Kier alpha value is -3.58. The van der Waals surface area contributed by atoms with E-state index in [2.05, 4.69) is 10.4 Å². The number of nitrogens with one attached hydrogen (secondary N) is 1. The van der Waals surface area contributed by atoms with E-state index in [0.717, 1.165) is 11.3 Å². The molecule has 1 N–H and O–H groups in total. The minimum atomic E-state index is -0.240. The van der Waals surface area contributed by atoms with Gasteiger partial charge in [0.25, 0.3) is 11.5 Å². The van der Waals surface area contributed by atoms with Gasteiger partial charge in [0.1, 0.15) is 11.3 Å². The Kier molecular flexibility index (Phi) is 5.54. The minimum absolute atomic E-state index is 0.184. The molecular weight excluding hydrogens is 404 g/mol. The zero-order valence-electron chi connectivity index (χ0n) is 16.2. The van der Waals surface area contributed by atoms with Gasteiger partial charge in [0, 0.05) is 41.6 Å². The van der Waals surface area contributed by atoms with Crippen molar-refractivity contribution in [1.29, 1.82) is 0 Å². The molecule has 2 heterocycles. The number of halogens is 1. The summed E-state index contributed by atoms with van der Waals surface area (Å²) in [5.41, 5.74) is 2.28. The first-order chi connectivity index (χ1) is 14.5. The highest BCUT2D eigenvalue weighted by atomic mass is 35.5. The van der Waals surface area contributed by atoms with Gasteiger partial charge in [-0.05, 0) is 36.4 Å². The number of benzene rings is 2. The van der Waals surface area contributed by atoms with Crippen molar-refractivity contribution in [3.63, 3.8) is 0 Å². The van der Waals surface area contributed by atoms with Crippen molar-refractivity contribution < 1.29 is 9.53 Å². The van der Waals surface area contributed by atoms with Crippen LogP contribution in [0.4, 0.5) is 0 Å². The van der Waals surface area contributed by atoms with E-state index < -0.39 is 0 Å². The second-order valence-corrected chi connectivity index (χ2v) is 7.09. The van der Waals surface area contributed by atoms with E-state index in [0.29, 0.717) is 34.9 Å². The second-order valence-electron chi connectivity index (χ2n) is 6.65. The number of aromatic nitrogens is 3. The molecule has 0 unspecified atom stereocenters. The standard InChI is InChI=1S/C22H19ClN4O3/c1-30-18-7-3-4-15(13-18)19-14-20-22(29)26(10-11-27(20)25-19)9-8-24-21(28)16-5-2-6-17(23)12-16/h2-7,10-14H,8-9H2,1H3,(H,24,28). The van der Waals surface area contributed by atoms with Crippen LogP contribution in [0.5, 0.6) is 5.75 Å². The first-order valence-corrected chi connectivity index (χ1v) is 9.70. The molecule has 0 radical (unpaired) electrons. The predicted octanol–water partition coefficient (Wildman–Crippen LogP) is 3.26. The van der Waals surface area contributed by atoms with Crippen molar-refractivity contribution in [2.45, 2.75) is 6.54 Å². The van der Waals surface area contributed by atoms with Crippen LogP contribution in [0.3, 0.4) is 0 Å². The lowest BCUT2D eigenvalue weighted by atomic mass is 10.1. The van der Waals surface area contributed by atoms with Crippen molar-refractivity contribution in [3.05, 3.63) is 87.9 Å². The molecule has 0 aliphatic carbocycles. The number of hydrogen-bond donors (Lipinski definition) is 1. The number of carbonyl (C=O) groups excluding carboxylic acids is 1. The van der Waals surface area contributed by atoms with Crippen LogP contribution in [-0.4, -0.2) is 33.7 Å². The number of hydrogen-bond acceptors (Lipinski definition) is 4. The van der Waals surface area contributed by atoms with Gasteiger partial charge in [-0.2, -0.15) is 5.10 Å². The first-order valence-electron chi connectivity index (χ1n) is 9.32. The topological polar surface area (TPSA) is 77.6 Å². The predicted molar refractivity (Wildman–Crippen MR) is 115 cm³/mol. The van der Waals surface area contributed by atoms with Gasteiger partial charge in [-0.1, -0.05) is 29.8 Å². The fraction of sp³-hybridized carbons (Fsp3) is 0.136. The molecule has 30 heavy (non-hydrogen) atoms. The van der Waals surface area contributed by atoms with Gasteiger partial charge >= 0.3 is 0 Å². The van der Waals surface area contributed by atoms with E-state index in [1.807, 2.05) is 24.3 Å². The Balaban J connectivity index is 1.50. The van der Waals surface area contributed by atoms with Crippen LogP contribution >= 0.6 is 11.6 Å². The lowest BCUT2D eigenvalue weighted by molar-refractivity contribution is 0.0952. The smallest absolute Gasteiger partial charge is 0.276 e. The quantitative estimate of drug-likeness (QED) is 0.517. The van der Waals surface area contributed by atoms with Gasteiger partial charge in [-0.15, -0.1) is 0 Å². The van der Waals surface area contributed by atoms with Crippen molar-refractivity contribution in [2.24, 2.45) is 0 Å². The lowest BCUT2D eigenvalue weighted by Crippen LogP contribution is -2.31. The molecule has 1 amide bonds. The number of nitrogens with zero attached hydrogens (tertiary/aromatic N) is 3. The Morgan fingerprint density at radius 3 is 2.77 bits per heavy atom. The Labute approximate surface area is 177 Å². The zero-order valence-corrected chi connectivity index (χ0v) is 17.0. The third-order valence-corrected chi connectivity index (χ3v) is 4.93. The first kappa shape index (κ1) is 19.7. The third-order valence-electron chi connectivity index (χ3n) is 4.69. The highest BCUT2D eigenvalue weighted by molar-refractivity contribution is 6.30. The fourth-order valence-corrected chi connectivity index (χ4v) is 3.34. The maximum atomic E-state index is 12.8.